The van der Waals surface area contributed by atoms with E-state index in [1.54, 1.807) is 6.08 Å². The van der Waals surface area contributed by atoms with Crippen LogP contribution in [-0.2, 0) is 16.0 Å². The van der Waals surface area contributed by atoms with Crippen molar-refractivity contribution < 1.29 is 24.5 Å². The molecule has 2 aliphatic rings. The summed E-state index contributed by atoms with van der Waals surface area (Å²) in [6, 6.07) is 5.52. The SMILES string of the molecule is C=C1CC=C(C2c3ccc(OCCC)cc3CC2C(=O)O)C(=O)C1O. The van der Waals surface area contributed by atoms with Crippen molar-refractivity contribution in [3.05, 3.63) is 53.1 Å². The van der Waals surface area contributed by atoms with Gasteiger partial charge in [0.15, 0.2) is 5.78 Å². The van der Waals surface area contributed by atoms with Gasteiger partial charge in [0.1, 0.15) is 11.9 Å². The first-order valence-electron chi connectivity index (χ1n) is 8.52. The standard InChI is InChI=1S/C20H22O5/c1-3-8-25-13-5-7-14-12(9-13)10-16(20(23)24)17(14)15-6-4-11(2)18(21)19(15)22/h5-7,9,16-18,21H,2-4,8,10H2,1H3,(H,23,24). The average Bonchev–Trinajstić information content (AvgIpc) is 2.97. The minimum absolute atomic E-state index is 0.348. The van der Waals surface area contributed by atoms with Crippen molar-refractivity contribution in [2.24, 2.45) is 5.92 Å². The zero-order valence-corrected chi connectivity index (χ0v) is 14.2. The summed E-state index contributed by atoms with van der Waals surface area (Å²) >= 11 is 0. The van der Waals surface area contributed by atoms with Gasteiger partial charge in [-0.15, -0.1) is 0 Å². The second kappa shape index (κ2) is 6.84. The summed E-state index contributed by atoms with van der Waals surface area (Å²) in [5.41, 5.74) is 2.55. The molecule has 3 atom stereocenters. The molecule has 0 amide bonds. The minimum Gasteiger partial charge on any atom is -0.494 e. The van der Waals surface area contributed by atoms with E-state index < -0.39 is 29.7 Å². The van der Waals surface area contributed by atoms with E-state index in [-0.39, 0.29) is 0 Å². The smallest absolute Gasteiger partial charge is 0.307 e. The number of ketones is 1. The highest BCUT2D eigenvalue weighted by Crippen LogP contribution is 2.45. The Morgan fingerprint density at radius 2 is 2.16 bits per heavy atom. The highest BCUT2D eigenvalue weighted by molar-refractivity contribution is 6.04. The number of hydrogen-bond acceptors (Lipinski definition) is 4. The maximum absolute atomic E-state index is 12.5. The molecule has 0 aliphatic heterocycles. The molecule has 1 aromatic rings. The van der Waals surface area contributed by atoms with Gasteiger partial charge in [-0.3, -0.25) is 9.59 Å². The number of fused-ring (bicyclic) bond motifs is 1. The van der Waals surface area contributed by atoms with Crippen LogP contribution in [0.5, 0.6) is 5.75 Å². The molecule has 0 aromatic heterocycles. The number of allylic oxidation sites excluding steroid dienone is 1. The summed E-state index contributed by atoms with van der Waals surface area (Å²) in [5, 5.41) is 19.7. The first kappa shape index (κ1) is 17.4. The molecule has 0 radical (unpaired) electrons. The molecule has 132 valence electrons. The van der Waals surface area contributed by atoms with Crippen LogP contribution in [0.1, 0.15) is 36.8 Å². The molecular weight excluding hydrogens is 320 g/mol. The van der Waals surface area contributed by atoms with Gasteiger partial charge in [0, 0.05) is 11.5 Å². The van der Waals surface area contributed by atoms with E-state index in [1.807, 2.05) is 25.1 Å². The lowest BCUT2D eigenvalue weighted by Crippen LogP contribution is -2.32. The van der Waals surface area contributed by atoms with Crippen LogP contribution >= 0.6 is 0 Å². The van der Waals surface area contributed by atoms with Crippen LogP contribution in [0.2, 0.25) is 0 Å². The summed E-state index contributed by atoms with van der Waals surface area (Å²) < 4.78 is 5.63. The number of aliphatic carboxylic acids is 1. The Morgan fingerprint density at radius 1 is 1.40 bits per heavy atom. The van der Waals surface area contributed by atoms with Crippen LogP contribution in [0.25, 0.3) is 0 Å². The maximum atomic E-state index is 12.5. The Labute approximate surface area is 146 Å². The summed E-state index contributed by atoms with van der Waals surface area (Å²) in [4.78, 5) is 24.3. The van der Waals surface area contributed by atoms with Gasteiger partial charge >= 0.3 is 5.97 Å². The summed E-state index contributed by atoms with van der Waals surface area (Å²) in [7, 11) is 0. The maximum Gasteiger partial charge on any atom is 0.307 e. The fourth-order valence-electron chi connectivity index (χ4n) is 3.63. The van der Waals surface area contributed by atoms with E-state index in [0.29, 0.717) is 36.3 Å². The van der Waals surface area contributed by atoms with Gasteiger partial charge in [-0.2, -0.15) is 0 Å². The van der Waals surface area contributed by atoms with Crippen LogP contribution in [0.3, 0.4) is 0 Å². The predicted molar refractivity (Wildman–Crippen MR) is 92.7 cm³/mol. The highest BCUT2D eigenvalue weighted by Gasteiger charge is 2.43. The molecule has 0 saturated carbocycles. The number of hydrogen-bond donors (Lipinski definition) is 2. The van der Waals surface area contributed by atoms with Crippen molar-refractivity contribution in [3.8, 4) is 5.75 Å². The van der Waals surface area contributed by atoms with Crippen LogP contribution < -0.4 is 4.74 Å². The molecule has 2 aliphatic carbocycles. The molecule has 0 fully saturated rings. The third kappa shape index (κ3) is 3.12. The molecule has 3 rings (SSSR count). The lowest BCUT2D eigenvalue weighted by atomic mass is 9.78. The van der Waals surface area contributed by atoms with E-state index in [1.165, 1.54) is 0 Å². The van der Waals surface area contributed by atoms with Crippen LogP contribution in [0.15, 0.2) is 42.0 Å². The quantitative estimate of drug-likeness (QED) is 0.804. The zero-order valence-electron chi connectivity index (χ0n) is 14.2. The van der Waals surface area contributed by atoms with Gasteiger partial charge in [0.25, 0.3) is 0 Å². The molecule has 5 nitrogen and oxygen atoms in total. The topological polar surface area (TPSA) is 83.8 Å². The Balaban J connectivity index is 1.99. The van der Waals surface area contributed by atoms with Crippen molar-refractivity contribution in [1.29, 1.82) is 0 Å². The molecule has 0 bridgehead atoms. The monoisotopic (exact) mass is 342 g/mol. The molecule has 2 N–H and O–H groups in total. The van der Waals surface area contributed by atoms with Gasteiger partial charge in [0.2, 0.25) is 0 Å². The molecule has 0 heterocycles. The number of aliphatic hydroxyl groups excluding tert-OH is 1. The van der Waals surface area contributed by atoms with E-state index in [4.69, 9.17) is 4.74 Å². The fourth-order valence-corrected chi connectivity index (χ4v) is 3.63. The van der Waals surface area contributed by atoms with E-state index in [2.05, 4.69) is 6.58 Å². The first-order valence-corrected chi connectivity index (χ1v) is 8.52. The molecule has 0 saturated heterocycles. The largest absolute Gasteiger partial charge is 0.494 e. The summed E-state index contributed by atoms with van der Waals surface area (Å²) in [6.45, 7) is 6.31. The van der Waals surface area contributed by atoms with Crippen molar-refractivity contribution in [2.75, 3.05) is 6.61 Å². The molecule has 1 aromatic carbocycles. The molecule has 3 unspecified atom stereocenters. The third-order valence-electron chi connectivity index (χ3n) is 4.92. The van der Waals surface area contributed by atoms with E-state index in [0.717, 1.165) is 17.5 Å². The fraction of sp³-hybridized carbons (Fsp3) is 0.400. The second-order valence-corrected chi connectivity index (χ2v) is 6.62. The predicted octanol–water partition coefficient (Wildman–Crippen LogP) is 2.63. The Kier molecular flexibility index (Phi) is 4.77. The number of carboxylic acid groups (broad SMARTS) is 1. The second-order valence-electron chi connectivity index (χ2n) is 6.62. The number of Topliss-reactive ketones (excluding diaryl/α,β-unsaturated/α-hetero) is 1. The number of aliphatic hydroxyl groups is 1. The number of rotatable bonds is 5. The minimum atomic E-state index is -1.24. The zero-order chi connectivity index (χ0) is 18.1. The van der Waals surface area contributed by atoms with Gasteiger partial charge in [-0.05, 0) is 48.1 Å². The van der Waals surface area contributed by atoms with Gasteiger partial charge in [0.05, 0.1) is 12.5 Å². The van der Waals surface area contributed by atoms with Crippen LogP contribution in [0, 0.1) is 5.92 Å². The van der Waals surface area contributed by atoms with Crippen molar-refractivity contribution in [2.45, 2.75) is 38.2 Å². The number of benzene rings is 1. The van der Waals surface area contributed by atoms with Gasteiger partial charge in [-0.1, -0.05) is 25.6 Å². The van der Waals surface area contributed by atoms with Gasteiger partial charge < -0.3 is 14.9 Å². The Bertz CT molecular complexity index is 761. The lowest BCUT2D eigenvalue weighted by molar-refractivity contribution is -0.141. The number of carbonyl (C=O) groups is 2. The number of ether oxygens (including phenoxy) is 1. The molecule has 25 heavy (non-hydrogen) atoms. The molecule has 0 spiro atoms. The molecule has 5 heteroatoms. The Hall–Kier alpha value is -2.40. The van der Waals surface area contributed by atoms with Crippen molar-refractivity contribution in [3.63, 3.8) is 0 Å². The lowest BCUT2D eigenvalue weighted by Gasteiger charge is -2.26. The number of carboxylic acids is 1. The van der Waals surface area contributed by atoms with Crippen molar-refractivity contribution >= 4 is 11.8 Å². The third-order valence-corrected chi connectivity index (χ3v) is 4.92. The van der Waals surface area contributed by atoms with E-state index >= 15 is 0 Å². The van der Waals surface area contributed by atoms with E-state index in [9.17, 15) is 19.8 Å². The Morgan fingerprint density at radius 3 is 2.84 bits per heavy atom. The summed E-state index contributed by atoms with van der Waals surface area (Å²) in [5.74, 6) is -1.92. The first-order chi connectivity index (χ1) is 11.9. The van der Waals surface area contributed by atoms with Gasteiger partial charge in [-0.25, -0.2) is 0 Å². The average molecular weight is 342 g/mol. The normalized spacial score (nSPS) is 25.5. The number of carbonyl (C=O) groups excluding carboxylic acids is 1. The van der Waals surface area contributed by atoms with Crippen molar-refractivity contribution in [1.82, 2.24) is 0 Å². The highest BCUT2D eigenvalue weighted by atomic mass is 16.5. The van der Waals surface area contributed by atoms with Crippen LogP contribution in [-0.4, -0.2) is 34.7 Å². The molecular formula is C20H22O5. The van der Waals surface area contributed by atoms with Crippen LogP contribution in [0.4, 0.5) is 0 Å². The summed E-state index contributed by atoms with van der Waals surface area (Å²) in [6.07, 6.45) is 2.10.